The van der Waals surface area contributed by atoms with E-state index >= 15 is 0 Å². The Kier molecular flexibility index (Phi) is 1.82. The number of hydrogen-bond donors (Lipinski definition) is 0. The van der Waals surface area contributed by atoms with Gasteiger partial charge >= 0.3 is 0 Å². The first-order valence-corrected chi connectivity index (χ1v) is 7.94. The Morgan fingerprint density at radius 3 is 2.08 bits per heavy atom. The largest absolute Gasteiger partial charge is 0.0626 e. The van der Waals surface area contributed by atoms with Crippen molar-refractivity contribution >= 4 is 0 Å². The summed E-state index contributed by atoms with van der Waals surface area (Å²) in [5.41, 5.74) is 0.538. The Balaban J connectivity index is 1.87. The Labute approximate surface area is 164 Å². The first kappa shape index (κ1) is 6.19. The molecule has 2 atom stereocenters. The minimum absolute atomic E-state index is 0.0219. The van der Waals surface area contributed by atoms with Crippen molar-refractivity contribution < 1.29 is 19.2 Å². The van der Waals surface area contributed by atoms with E-state index in [9.17, 15) is 0 Å². The molecule has 0 bridgehead atoms. The van der Waals surface area contributed by atoms with Crippen molar-refractivity contribution in [1.82, 2.24) is 0 Å². The highest BCUT2D eigenvalue weighted by molar-refractivity contribution is 5.42. The average Bonchev–Trinajstić information content (AvgIpc) is 2.90. The number of benzene rings is 3. The summed E-state index contributed by atoms with van der Waals surface area (Å²) in [7, 11) is 0. The van der Waals surface area contributed by atoms with E-state index in [2.05, 4.69) is 0 Å². The molecule has 4 rings (SSSR count). The van der Waals surface area contributed by atoms with Crippen molar-refractivity contribution in [2.75, 3.05) is 0 Å². The second kappa shape index (κ2) is 7.05. The van der Waals surface area contributed by atoms with Gasteiger partial charge in [0, 0.05) is 5.92 Å². The second-order valence-electron chi connectivity index (χ2n) is 5.84. The fraction of sp³-hybridized carbons (Fsp3) is 0.250. The first-order valence-electron chi connectivity index (χ1n) is 14.9. The molecule has 120 valence electrons. The zero-order valence-electron chi connectivity index (χ0n) is 27.0. The van der Waals surface area contributed by atoms with E-state index < -0.39 is 72.3 Å². The van der Waals surface area contributed by atoms with E-state index in [0.29, 0.717) is 6.42 Å². The van der Waals surface area contributed by atoms with Gasteiger partial charge in [0.2, 0.25) is 0 Å². The predicted molar refractivity (Wildman–Crippen MR) is 101 cm³/mol. The molecular weight excluding hydrogens is 288 g/mol. The maximum Gasteiger partial charge on any atom is 0.0626 e. The fourth-order valence-corrected chi connectivity index (χ4v) is 3.32. The highest BCUT2D eigenvalue weighted by Gasteiger charge is 2.27. The quantitative estimate of drug-likeness (QED) is 0.525. The molecular formula is C24H24. The van der Waals surface area contributed by atoms with Gasteiger partial charge in [-0.3, -0.25) is 0 Å². The van der Waals surface area contributed by atoms with E-state index in [0.717, 1.165) is 0 Å². The molecule has 0 heteroatoms. The topological polar surface area (TPSA) is 0 Å². The maximum absolute atomic E-state index is 8.64. The van der Waals surface area contributed by atoms with Crippen LogP contribution in [0.3, 0.4) is 0 Å². The lowest BCUT2D eigenvalue weighted by Crippen LogP contribution is -2.16. The summed E-state index contributed by atoms with van der Waals surface area (Å²) in [6.07, 6.45) is 0.896. The molecule has 1 aliphatic carbocycles. The molecule has 0 aromatic heterocycles. The van der Waals surface area contributed by atoms with Gasteiger partial charge in [-0.1, -0.05) is 84.6 Å². The van der Waals surface area contributed by atoms with Crippen molar-refractivity contribution in [2.45, 2.75) is 37.5 Å². The summed E-state index contributed by atoms with van der Waals surface area (Å²) in [6, 6.07) is -6.05. The van der Waals surface area contributed by atoms with Crippen LogP contribution in [-0.2, 0) is 6.42 Å². The molecule has 3 aromatic carbocycles. The Morgan fingerprint density at radius 2 is 1.33 bits per heavy atom. The lowest BCUT2D eigenvalue weighted by molar-refractivity contribution is 0.492. The van der Waals surface area contributed by atoms with Gasteiger partial charge in [-0.2, -0.15) is 0 Å². The van der Waals surface area contributed by atoms with Gasteiger partial charge in [-0.25, -0.2) is 0 Å². The molecule has 0 saturated carbocycles. The summed E-state index contributed by atoms with van der Waals surface area (Å²) in [5.74, 6) is -1.33. The molecule has 0 amide bonds. The Hall–Kier alpha value is -2.34. The molecule has 0 spiro atoms. The zero-order valence-corrected chi connectivity index (χ0v) is 13.0. The highest BCUT2D eigenvalue weighted by Crippen LogP contribution is 2.43. The van der Waals surface area contributed by atoms with Crippen molar-refractivity contribution in [1.29, 1.82) is 0 Å². The van der Waals surface area contributed by atoms with E-state index in [-0.39, 0.29) is 65.7 Å². The summed E-state index contributed by atoms with van der Waals surface area (Å²) in [4.78, 5) is 0. The second-order valence-corrected chi connectivity index (χ2v) is 5.84. The lowest BCUT2D eigenvalue weighted by Gasteiger charge is -2.32. The molecule has 2 unspecified atom stereocenters. The molecule has 0 heterocycles. The summed E-state index contributed by atoms with van der Waals surface area (Å²) in [5, 5.41) is 0. The van der Waals surface area contributed by atoms with E-state index in [4.69, 9.17) is 19.2 Å². The standard InChI is InChI=1S/C24H24/c1-3-9-19(10-4-1)15-16-21-17-18-23(20-11-5-2-6-12-20)24-14-8-7-13-22(21)24/h1-14,21,23H,15-18H2/i1D,2D,3D,4D,5D,6D,7D,8D,9D,10D,11D,12D,13D,14D. The SMILES string of the molecule is [2H]c1c([2H])c([2H])c(CCC2CCC(c3c([2H])c([2H])c([2H])c([2H])c3[2H])c3c([2H])c([2H])c([2H])c([2H])c32)c([2H])c1[2H]. The number of fused-ring (bicyclic) bond motifs is 1. The average molecular weight is 327 g/mol. The highest BCUT2D eigenvalue weighted by atomic mass is 14.3. The van der Waals surface area contributed by atoms with Crippen LogP contribution < -0.4 is 0 Å². The van der Waals surface area contributed by atoms with Crippen LogP contribution in [0.4, 0.5) is 0 Å². The van der Waals surface area contributed by atoms with Crippen LogP contribution in [0, 0.1) is 0 Å². The Morgan fingerprint density at radius 1 is 0.708 bits per heavy atom. The van der Waals surface area contributed by atoms with Gasteiger partial charge in [0.1, 0.15) is 0 Å². The van der Waals surface area contributed by atoms with Crippen LogP contribution in [0.25, 0.3) is 0 Å². The number of rotatable bonds is 4. The van der Waals surface area contributed by atoms with E-state index in [1.54, 1.807) is 0 Å². The molecule has 1 aliphatic rings. The summed E-state index contributed by atoms with van der Waals surface area (Å²) in [6.45, 7) is 0. The smallest absolute Gasteiger partial charge is 0.0622 e. The molecule has 3 aromatic rings. The van der Waals surface area contributed by atoms with Gasteiger partial charge in [-0.05, 0) is 53.9 Å². The van der Waals surface area contributed by atoms with Crippen molar-refractivity contribution in [2.24, 2.45) is 0 Å². The van der Waals surface area contributed by atoms with Gasteiger partial charge in [0.15, 0.2) is 0 Å². The van der Waals surface area contributed by atoms with Crippen LogP contribution in [0.5, 0.6) is 0 Å². The Bertz CT molecular complexity index is 1420. The van der Waals surface area contributed by atoms with Gasteiger partial charge in [-0.15, -0.1) is 0 Å². The van der Waals surface area contributed by atoms with Crippen LogP contribution in [0.15, 0.2) is 84.6 Å². The minimum atomic E-state index is -0.864. The van der Waals surface area contributed by atoms with Gasteiger partial charge in [0.05, 0.1) is 19.2 Å². The van der Waals surface area contributed by atoms with Crippen LogP contribution in [0.2, 0.25) is 0 Å². The van der Waals surface area contributed by atoms with Crippen LogP contribution in [-0.4, -0.2) is 0 Å². The lowest BCUT2D eigenvalue weighted by atomic mass is 9.72. The molecule has 0 radical (unpaired) electrons. The number of hydrogen-bond acceptors (Lipinski definition) is 0. The van der Waals surface area contributed by atoms with E-state index in [1.165, 1.54) is 0 Å². The first-order chi connectivity index (χ1) is 17.7. The maximum atomic E-state index is 8.64. The normalized spacial score (nSPS) is 27.8. The molecule has 0 N–H and O–H groups in total. The minimum Gasteiger partial charge on any atom is -0.0622 e. The molecule has 0 nitrogen and oxygen atoms in total. The van der Waals surface area contributed by atoms with Gasteiger partial charge in [0.25, 0.3) is 0 Å². The van der Waals surface area contributed by atoms with Gasteiger partial charge < -0.3 is 0 Å². The molecule has 0 saturated heterocycles. The van der Waals surface area contributed by atoms with Crippen molar-refractivity contribution in [3.05, 3.63) is 107 Å². The third kappa shape index (κ3) is 3.14. The molecule has 0 aliphatic heterocycles. The molecule has 0 fully saturated rings. The van der Waals surface area contributed by atoms with E-state index in [1.807, 2.05) is 0 Å². The van der Waals surface area contributed by atoms with Crippen molar-refractivity contribution in [3.63, 3.8) is 0 Å². The van der Waals surface area contributed by atoms with Crippen molar-refractivity contribution in [3.8, 4) is 0 Å². The monoisotopic (exact) mass is 326 g/mol. The summed E-state index contributed by atoms with van der Waals surface area (Å²) >= 11 is 0. The zero-order chi connectivity index (χ0) is 28.4. The summed E-state index contributed by atoms with van der Waals surface area (Å²) < 4.78 is 115. The third-order valence-electron chi connectivity index (χ3n) is 4.47. The van der Waals surface area contributed by atoms with Crippen LogP contribution in [0.1, 0.15) is 72.5 Å². The fourth-order valence-electron chi connectivity index (χ4n) is 3.32. The predicted octanol–water partition coefficient (Wildman–Crippen LogP) is 6.33. The van der Waals surface area contributed by atoms with Crippen LogP contribution >= 0.6 is 0 Å². The third-order valence-corrected chi connectivity index (χ3v) is 4.47. The molecule has 24 heavy (non-hydrogen) atoms.